The van der Waals surface area contributed by atoms with Crippen molar-refractivity contribution in [1.82, 2.24) is 15.5 Å². The molecule has 1 aliphatic heterocycles. The van der Waals surface area contributed by atoms with Crippen LogP contribution in [0.1, 0.15) is 20.8 Å². The maximum atomic E-state index is 12.0. The summed E-state index contributed by atoms with van der Waals surface area (Å²) in [6.07, 6.45) is 0. The molecule has 1 aliphatic rings. The number of rotatable bonds is 6. The van der Waals surface area contributed by atoms with Gasteiger partial charge in [0.15, 0.2) is 5.78 Å². The third-order valence-corrected chi connectivity index (χ3v) is 3.45. The van der Waals surface area contributed by atoms with Gasteiger partial charge in [-0.15, -0.1) is 0 Å². The average molecular weight is 284 g/mol. The van der Waals surface area contributed by atoms with E-state index in [1.165, 1.54) is 6.92 Å². The first-order chi connectivity index (χ1) is 9.32. The van der Waals surface area contributed by atoms with E-state index >= 15 is 0 Å². The molecule has 7 nitrogen and oxygen atoms in total. The summed E-state index contributed by atoms with van der Waals surface area (Å²) in [5.41, 5.74) is 5.32. The summed E-state index contributed by atoms with van der Waals surface area (Å²) in [5.74, 6) is -0.740. The van der Waals surface area contributed by atoms with Crippen molar-refractivity contribution < 1.29 is 14.4 Å². The highest BCUT2D eigenvalue weighted by molar-refractivity contribution is 5.89. The van der Waals surface area contributed by atoms with E-state index in [0.29, 0.717) is 19.6 Å². The summed E-state index contributed by atoms with van der Waals surface area (Å²) >= 11 is 0. The summed E-state index contributed by atoms with van der Waals surface area (Å²) in [4.78, 5) is 36.6. The Morgan fingerprint density at radius 1 is 1.40 bits per heavy atom. The van der Waals surface area contributed by atoms with Gasteiger partial charge in [0.1, 0.15) is 6.04 Å². The van der Waals surface area contributed by atoms with Gasteiger partial charge in [0.05, 0.1) is 12.6 Å². The van der Waals surface area contributed by atoms with Gasteiger partial charge >= 0.3 is 0 Å². The van der Waals surface area contributed by atoms with Crippen LogP contribution < -0.4 is 16.4 Å². The SMILES string of the molecule is CC(=O)C(NC(=O)CN1CCNCC1C(N)=O)C(C)C. The topological polar surface area (TPSA) is 105 Å². The highest BCUT2D eigenvalue weighted by Crippen LogP contribution is 2.05. The molecule has 0 radical (unpaired) electrons. The Bertz CT molecular complexity index is 384. The van der Waals surface area contributed by atoms with E-state index < -0.39 is 18.0 Å². The lowest BCUT2D eigenvalue weighted by Crippen LogP contribution is -2.59. The van der Waals surface area contributed by atoms with Gasteiger partial charge in [-0.1, -0.05) is 13.8 Å². The van der Waals surface area contributed by atoms with Crippen LogP contribution in [0.5, 0.6) is 0 Å². The van der Waals surface area contributed by atoms with E-state index in [1.807, 2.05) is 13.8 Å². The minimum absolute atomic E-state index is 0.0337. The van der Waals surface area contributed by atoms with E-state index in [0.717, 1.165) is 0 Å². The molecule has 2 amide bonds. The third kappa shape index (κ3) is 4.57. The monoisotopic (exact) mass is 284 g/mol. The van der Waals surface area contributed by atoms with Crippen LogP contribution in [0.25, 0.3) is 0 Å². The molecule has 7 heteroatoms. The number of primary amides is 1. The van der Waals surface area contributed by atoms with Gasteiger partial charge in [0.2, 0.25) is 11.8 Å². The van der Waals surface area contributed by atoms with Gasteiger partial charge in [-0.2, -0.15) is 0 Å². The zero-order valence-corrected chi connectivity index (χ0v) is 12.3. The first kappa shape index (κ1) is 16.6. The largest absolute Gasteiger partial charge is 0.368 e. The summed E-state index contributed by atoms with van der Waals surface area (Å²) < 4.78 is 0. The number of nitrogens with one attached hydrogen (secondary N) is 2. The molecular weight excluding hydrogens is 260 g/mol. The highest BCUT2D eigenvalue weighted by Gasteiger charge is 2.29. The van der Waals surface area contributed by atoms with E-state index in [2.05, 4.69) is 10.6 Å². The standard InChI is InChI=1S/C13H24N4O3/c1-8(2)12(9(3)18)16-11(19)7-17-5-4-15-6-10(17)13(14)20/h8,10,12,15H,4-7H2,1-3H3,(H2,14,20)(H,16,19). The van der Waals surface area contributed by atoms with Gasteiger partial charge in [-0.05, 0) is 12.8 Å². The maximum Gasteiger partial charge on any atom is 0.236 e. The minimum atomic E-state index is -0.488. The Morgan fingerprint density at radius 3 is 2.55 bits per heavy atom. The van der Waals surface area contributed by atoms with Crippen molar-refractivity contribution in [2.75, 3.05) is 26.2 Å². The van der Waals surface area contributed by atoms with Gasteiger partial charge in [0, 0.05) is 19.6 Å². The van der Waals surface area contributed by atoms with Crippen LogP contribution in [0.3, 0.4) is 0 Å². The highest BCUT2D eigenvalue weighted by atomic mass is 16.2. The van der Waals surface area contributed by atoms with Gasteiger partial charge in [-0.3, -0.25) is 19.3 Å². The van der Waals surface area contributed by atoms with Crippen molar-refractivity contribution in [2.24, 2.45) is 11.7 Å². The summed E-state index contributed by atoms with van der Waals surface area (Å²) in [7, 11) is 0. The quantitative estimate of drug-likeness (QED) is 0.549. The number of piperazine rings is 1. The maximum absolute atomic E-state index is 12.0. The van der Waals surface area contributed by atoms with Gasteiger partial charge in [-0.25, -0.2) is 0 Å². The molecule has 0 aromatic heterocycles. The van der Waals surface area contributed by atoms with Gasteiger partial charge < -0.3 is 16.4 Å². The fourth-order valence-corrected chi connectivity index (χ4v) is 2.36. The number of carbonyl (C=O) groups excluding carboxylic acids is 3. The first-order valence-electron chi connectivity index (χ1n) is 6.86. The molecule has 2 unspecified atom stereocenters. The van der Waals surface area contributed by atoms with Crippen molar-refractivity contribution >= 4 is 17.6 Å². The smallest absolute Gasteiger partial charge is 0.236 e. The Morgan fingerprint density at radius 2 is 2.05 bits per heavy atom. The van der Waals surface area contributed by atoms with E-state index in [9.17, 15) is 14.4 Å². The lowest BCUT2D eigenvalue weighted by molar-refractivity contribution is -0.131. The molecule has 1 rings (SSSR count). The third-order valence-electron chi connectivity index (χ3n) is 3.45. The molecule has 1 fully saturated rings. The van der Waals surface area contributed by atoms with E-state index in [4.69, 9.17) is 5.73 Å². The second-order valence-electron chi connectivity index (χ2n) is 5.49. The molecule has 0 saturated carbocycles. The minimum Gasteiger partial charge on any atom is -0.368 e. The molecule has 0 aromatic rings. The number of nitrogens with two attached hydrogens (primary N) is 1. The van der Waals surface area contributed by atoms with Crippen LogP contribution in [0.2, 0.25) is 0 Å². The van der Waals surface area contributed by atoms with Crippen LogP contribution in [0, 0.1) is 5.92 Å². The van der Waals surface area contributed by atoms with E-state index in [1.54, 1.807) is 4.90 Å². The summed E-state index contributed by atoms with van der Waals surface area (Å²) in [6, 6.07) is -0.971. The number of nitrogens with zero attached hydrogens (tertiary/aromatic N) is 1. The van der Waals surface area contributed by atoms with Crippen molar-refractivity contribution in [1.29, 1.82) is 0 Å². The fourth-order valence-electron chi connectivity index (χ4n) is 2.36. The number of ketones is 1. The van der Waals surface area contributed by atoms with Crippen LogP contribution in [-0.4, -0.2) is 60.8 Å². The fraction of sp³-hybridized carbons (Fsp3) is 0.769. The van der Waals surface area contributed by atoms with Crippen molar-refractivity contribution in [3.05, 3.63) is 0 Å². The number of amides is 2. The van der Waals surface area contributed by atoms with Crippen molar-refractivity contribution in [2.45, 2.75) is 32.9 Å². The summed E-state index contributed by atoms with van der Waals surface area (Å²) in [5, 5.41) is 5.79. The van der Waals surface area contributed by atoms with E-state index in [-0.39, 0.29) is 24.2 Å². The predicted octanol–water partition coefficient (Wildman–Crippen LogP) is -1.52. The number of hydrogen-bond acceptors (Lipinski definition) is 5. The lowest BCUT2D eigenvalue weighted by Gasteiger charge is -2.34. The molecule has 114 valence electrons. The Balaban J connectivity index is 2.59. The number of carbonyl (C=O) groups is 3. The summed E-state index contributed by atoms with van der Waals surface area (Å²) in [6.45, 7) is 7.02. The lowest BCUT2D eigenvalue weighted by atomic mass is 10.0. The zero-order valence-electron chi connectivity index (χ0n) is 12.3. The second-order valence-corrected chi connectivity index (χ2v) is 5.49. The van der Waals surface area contributed by atoms with Crippen LogP contribution in [0.4, 0.5) is 0 Å². The molecule has 0 aromatic carbocycles. The molecule has 4 N–H and O–H groups in total. The Labute approximate surface area is 119 Å². The molecule has 1 heterocycles. The van der Waals surface area contributed by atoms with Crippen molar-refractivity contribution in [3.8, 4) is 0 Å². The van der Waals surface area contributed by atoms with Crippen molar-refractivity contribution in [3.63, 3.8) is 0 Å². The van der Waals surface area contributed by atoms with Crippen LogP contribution >= 0.6 is 0 Å². The van der Waals surface area contributed by atoms with Gasteiger partial charge in [0.25, 0.3) is 0 Å². The molecular formula is C13H24N4O3. The second kappa shape index (κ2) is 7.35. The number of Topliss-reactive ketones (excluding diaryl/α,β-unsaturated/α-hetero) is 1. The van der Waals surface area contributed by atoms with Crippen LogP contribution in [0.15, 0.2) is 0 Å². The first-order valence-corrected chi connectivity index (χ1v) is 6.86. The molecule has 1 saturated heterocycles. The zero-order chi connectivity index (χ0) is 15.3. The Hall–Kier alpha value is -1.47. The number of hydrogen-bond donors (Lipinski definition) is 3. The normalized spacial score (nSPS) is 21.5. The molecule has 20 heavy (non-hydrogen) atoms. The molecule has 0 spiro atoms. The predicted molar refractivity (Wildman–Crippen MR) is 74.9 cm³/mol. The molecule has 0 bridgehead atoms. The molecule has 2 atom stereocenters. The average Bonchev–Trinajstić information content (AvgIpc) is 2.35. The molecule has 0 aliphatic carbocycles. The van der Waals surface area contributed by atoms with Crippen LogP contribution in [-0.2, 0) is 14.4 Å². The Kier molecular flexibility index (Phi) is 6.09.